The number of nitrogens with zero attached hydrogens (tertiary/aromatic N) is 1. The predicted molar refractivity (Wildman–Crippen MR) is 91.5 cm³/mol. The fourth-order valence-electron chi connectivity index (χ4n) is 2.65. The minimum Gasteiger partial charge on any atom is -0.359 e. The maximum absolute atomic E-state index is 12.6. The highest BCUT2D eigenvalue weighted by molar-refractivity contribution is 6.07. The van der Waals surface area contributed by atoms with E-state index in [9.17, 15) is 4.79 Å². The Kier molecular flexibility index (Phi) is 3.83. The number of hydrogen-bond acceptors (Lipinski definition) is 1. The lowest BCUT2D eigenvalue weighted by Crippen LogP contribution is -2.35. The fraction of sp³-hybridized carbons (Fsp3) is 0.167. The first-order valence-electron chi connectivity index (χ1n) is 7.41. The van der Waals surface area contributed by atoms with E-state index in [0.717, 1.165) is 27.8 Å². The summed E-state index contributed by atoms with van der Waals surface area (Å²) in [6.07, 6.45) is 1.83. The summed E-state index contributed by atoms with van der Waals surface area (Å²) in [5.74, 6) is 0. The maximum atomic E-state index is 12.6. The van der Waals surface area contributed by atoms with Crippen LogP contribution in [0.1, 0.15) is 12.5 Å². The average Bonchev–Trinajstić information content (AvgIpc) is 2.93. The number of para-hydroxylation sites is 2. The molecule has 0 saturated carbocycles. The van der Waals surface area contributed by atoms with Gasteiger partial charge in [0.2, 0.25) is 0 Å². The van der Waals surface area contributed by atoms with E-state index >= 15 is 0 Å². The Morgan fingerprint density at radius 2 is 1.86 bits per heavy atom. The molecule has 0 radical (unpaired) electrons. The van der Waals surface area contributed by atoms with Crippen LogP contribution in [-0.2, 0) is 0 Å². The van der Waals surface area contributed by atoms with Gasteiger partial charge in [-0.2, -0.15) is 0 Å². The lowest BCUT2D eigenvalue weighted by atomic mass is 10.2. The molecule has 3 rings (SSSR count). The molecule has 1 heterocycles. The molecule has 3 aromatic rings. The van der Waals surface area contributed by atoms with Crippen LogP contribution in [0.3, 0.4) is 0 Å². The molecule has 2 N–H and O–H groups in total. The van der Waals surface area contributed by atoms with Gasteiger partial charge in [0.1, 0.15) is 0 Å². The van der Waals surface area contributed by atoms with E-state index in [1.54, 1.807) is 4.90 Å². The minimum atomic E-state index is -0.124. The van der Waals surface area contributed by atoms with Crippen LogP contribution in [0.2, 0.25) is 0 Å². The Morgan fingerprint density at radius 3 is 2.64 bits per heavy atom. The summed E-state index contributed by atoms with van der Waals surface area (Å²) in [7, 11) is 0. The number of carbonyl (C=O) groups excluding carboxylic acids is 1. The Balaban J connectivity index is 1.88. The third-order valence-electron chi connectivity index (χ3n) is 3.80. The molecule has 0 aliphatic rings. The van der Waals surface area contributed by atoms with Crippen LogP contribution in [0.5, 0.6) is 0 Å². The van der Waals surface area contributed by atoms with Gasteiger partial charge < -0.3 is 10.3 Å². The van der Waals surface area contributed by atoms with Gasteiger partial charge in [-0.1, -0.05) is 36.4 Å². The van der Waals surface area contributed by atoms with E-state index in [1.807, 2.05) is 68.6 Å². The summed E-state index contributed by atoms with van der Waals surface area (Å²) in [5.41, 5.74) is 3.82. The van der Waals surface area contributed by atoms with E-state index < -0.39 is 0 Å². The van der Waals surface area contributed by atoms with E-state index in [2.05, 4.69) is 10.3 Å². The number of hydrogen-bond donors (Lipinski definition) is 2. The molecule has 4 heteroatoms. The standard InChI is InChI=1S/C18H19N3O/c1-3-21(17-11-7-4-8-13(17)2)18(22)20-16-12-19-15-10-6-5-9-14(15)16/h4-12,19H,3H2,1-2H3,(H,20,22). The van der Waals surface area contributed by atoms with Crippen molar-refractivity contribution in [2.45, 2.75) is 13.8 Å². The van der Waals surface area contributed by atoms with Gasteiger partial charge in [-0.3, -0.25) is 4.90 Å². The van der Waals surface area contributed by atoms with E-state index in [-0.39, 0.29) is 6.03 Å². The second kappa shape index (κ2) is 5.93. The smallest absolute Gasteiger partial charge is 0.326 e. The summed E-state index contributed by atoms with van der Waals surface area (Å²) >= 11 is 0. The maximum Gasteiger partial charge on any atom is 0.326 e. The van der Waals surface area contributed by atoms with Crippen LogP contribution >= 0.6 is 0 Å². The molecule has 0 atom stereocenters. The lowest BCUT2D eigenvalue weighted by Gasteiger charge is -2.23. The number of aromatic amines is 1. The zero-order valence-electron chi connectivity index (χ0n) is 12.8. The zero-order chi connectivity index (χ0) is 15.5. The molecule has 0 spiro atoms. The molecule has 22 heavy (non-hydrogen) atoms. The summed E-state index contributed by atoms with van der Waals surface area (Å²) < 4.78 is 0. The molecular formula is C18H19N3O. The van der Waals surface area contributed by atoms with Crippen LogP contribution in [0, 0.1) is 6.92 Å². The van der Waals surface area contributed by atoms with Crippen LogP contribution in [0.25, 0.3) is 10.9 Å². The number of anilines is 2. The van der Waals surface area contributed by atoms with Crippen LogP contribution in [0.15, 0.2) is 54.7 Å². The molecule has 1 aromatic heterocycles. The van der Waals surface area contributed by atoms with Crippen molar-refractivity contribution in [3.8, 4) is 0 Å². The Morgan fingerprint density at radius 1 is 1.14 bits per heavy atom. The number of H-pyrrole nitrogens is 1. The summed E-state index contributed by atoms with van der Waals surface area (Å²) in [5, 5.41) is 4.01. The number of rotatable bonds is 3. The number of nitrogens with one attached hydrogen (secondary N) is 2. The van der Waals surface area contributed by atoms with Crippen LogP contribution < -0.4 is 10.2 Å². The predicted octanol–water partition coefficient (Wildman–Crippen LogP) is 4.53. The van der Waals surface area contributed by atoms with Gasteiger partial charge in [-0.05, 0) is 31.5 Å². The minimum absolute atomic E-state index is 0.124. The second-order valence-corrected chi connectivity index (χ2v) is 5.21. The molecule has 0 bridgehead atoms. The summed E-state index contributed by atoms with van der Waals surface area (Å²) in [4.78, 5) is 17.6. The highest BCUT2D eigenvalue weighted by atomic mass is 16.2. The average molecular weight is 293 g/mol. The van der Waals surface area contributed by atoms with E-state index in [0.29, 0.717) is 6.54 Å². The van der Waals surface area contributed by atoms with Gasteiger partial charge >= 0.3 is 6.03 Å². The van der Waals surface area contributed by atoms with Gasteiger partial charge in [0.25, 0.3) is 0 Å². The number of carbonyl (C=O) groups is 1. The molecule has 112 valence electrons. The van der Waals surface area contributed by atoms with Crippen molar-refractivity contribution in [3.05, 3.63) is 60.3 Å². The summed E-state index contributed by atoms with van der Waals surface area (Å²) in [6, 6.07) is 15.7. The van der Waals surface area contributed by atoms with Crippen molar-refractivity contribution >= 4 is 28.3 Å². The zero-order valence-corrected chi connectivity index (χ0v) is 12.8. The molecule has 2 aromatic carbocycles. The van der Waals surface area contributed by atoms with Crippen LogP contribution in [0.4, 0.5) is 16.2 Å². The SMILES string of the molecule is CCN(C(=O)Nc1c[nH]c2ccccc12)c1ccccc1C. The lowest BCUT2D eigenvalue weighted by molar-refractivity contribution is 0.257. The van der Waals surface area contributed by atoms with Crippen molar-refractivity contribution < 1.29 is 4.79 Å². The topological polar surface area (TPSA) is 48.1 Å². The number of urea groups is 1. The van der Waals surface area contributed by atoms with Crippen molar-refractivity contribution in [1.29, 1.82) is 0 Å². The first-order valence-corrected chi connectivity index (χ1v) is 7.41. The van der Waals surface area contributed by atoms with Gasteiger partial charge in [0.05, 0.1) is 5.69 Å². The third-order valence-corrected chi connectivity index (χ3v) is 3.80. The largest absolute Gasteiger partial charge is 0.359 e. The number of amides is 2. The van der Waals surface area contributed by atoms with E-state index in [1.165, 1.54) is 0 Å². The van der Waals surface area contributed by atoms with Gasteiger partial charge in [-0.15, -0.1) is 0 Å². The normalized spacial score (nSPS) is 10.6. The van der Waals surface area contributed by atoms with Gasteiger partial charge in [0.15, 0.2) is 0 Å². The number of aryl methyl sites for hydroxylation is 1. The number of aromatic nitrogens is 1. The molecule has 0 fully saturated rings. The Hall–Kier alpha value is -2.75. The molecule has 0 aliphatic carbocycles. The van der Waals surface area contributed by atoms with Crippen molar-refractivity contribution in [3.63, 3.8) is 0 Å². The first-order chi connectivity index (χ1) is 10.7. The third kappa shape index (κ3) is 2.55. The van der Waals surface area contributed by atoms with Crippen LogP contribution in [-0.4, -0.2) is 17.6 Å². The molecule has 2 amide bonds. The Bertz CT molecular complexity index is 807. The Labute approximate surface area is 129 Å². The van der Waals surface area contributed by atoms with Crippen molar-refractivity contribution in [1.82, 2.24) is 4.98 Å². The molecule has 0 saturated heterocycles. The highest BCUT2D eigenvalue weighted by Crippen LogP contribution is 2.24. The molecule has 4 nitrogen and oxygen atoms in total. The first kappa shape index (κ1) is 14.2. The van der Waals surface area contributed by atoms with Crippen molar-refractivity contribution in [2.24, 2.45) is 0 Å². The quantitative estimate of drug-likeness (QED) is 0.732. The van der Waals surface area contributed by atoms with Crippen molar-refractivity contribution in [2.75, 3.05) is 16.8 Å². The highest BCUT2D eigenvalue weighted by Gasteiger charge is 2.16. The fourth-order valence-corrected chi connectivity index (χ4v) is 2.65. The molecule has 0 unspecified atom stereocenters. The monoisotopic (exact) mass is 293 g/mol. The van der Waals surface area contributed by atoms with Gasteiger partial charge in [0, 0.05) is 29.3 Å². The molecular weight excluding hydrogens is 274 g/mol. The van der Waals surface area contributed by atoms with Gasteiger partial charge in [-0.25, -0.2) is 4.79 Å². The molecule has 0 aliphatic heterocycles. The number of benzene rings is 2. The number of fused-ring (bicyclic) bond motifs is 1. The van der Waals surface area contributed by atoms with E-state index in [4.69, 9.17) is 0 Å². The second-order valence-electron chi connectivity index (χ2n) is 5.21. The summed E-state index contributed by atoms with van der Waals surface area (Å²) in [6.45, 7) is 4.59.